The number of rotatable bonds is 8. The molecule has 0 aliphatic heterocycles. The van der Waals surface area contributed by atoms with Crippen LogP contribution in [0.1, 0.15) is 84.5 Å². The smallest absolute Gasteiger partial charge is 0.303 e. The van der Waals surface area contributed by atoms with Crippen molar-refractivity contribution in [2.75, 3.05) is 13.2 Å². The molecule has 0 radical (unpaired) electrons. The lowest BCUT2D eigenvalue weighted by atomic mass is 9.46. The van der Waals surface area contributed by atoms with Crippen LogP contribution < -0.4 is 5.32 Å². The zero-order valence-electron chi connectivity index (χ0n) is 21.1. The summed E-state index contributed by atoms with van der Waals surface area (Å²) >= 11 is 0. The van der Waals surface area contributed by atoms with Gasteiger partial charge in [-0.15, -0.1) is 6.42 Å². The highest BCUT2D eigenvalue weighted by molar-refractivity contribution is 5.96. The number of hydrogen-bond acceptors (Lipinski definition) is 5. The van der Waals surface area contributed by atoms with Crippen LogP contribution in [0, 0.1) is 40.9 Å². The number of hydrogen-bond donors (Lipinski definition) is 3. The number of allylic oxidation sites excluding steroid dienone is 2. The van der Waals surface area contributed by atoms with Crippen LogP contribution >= 0.6 is 0 Å². The third-order valence-corrected chi connectivity index (χ3v) is 9.88. The van der Waals surface area contributed by atoms with E-state index >= 15 is 0 Å². The van der Waals surface area contributed by atoms with Crippen molar-refractivity contribution in [2.24, 2.45) is 33.7 Å². The third kappa shape index (κ3) is 4.74. The number of terminal acetylenes is 1. The first-order valence-corrected chi connectivity index (χ1v) is 13.2. The Bertz CT molecular complexity index is 951. The molecular weight excluding hydrogens is 444 g/mol. The first kappa shape index (κ1) is 25.8. The van der Waals surface area contributed by atoms with E-state index in [0.29, 0.717) is 37.1 Å². The molecule has 3 N–H and O–H groups in total. The van der Waals surface area contributed by atoms with Gasteiger partial charge >= 0.3 is 5.97 Å². The quantitative estimate of drug-likeness (QED) is 0.274. The van der Waals surface area contributed by atoms with Crippen molar-refractivity contribution in [1.82, 2.24) is 5.32 Å². The molecule has 3 fully saturated rings. The lowest BCUT2D eigenvalue weighted by molar-refractivity contribution is -0.137. The number of aliphatic carboxylic acids is 1. The second kappa shape index (κ2) is 9.97. The van der Waals surface area contributed by atoms with Gasteiger partial charge in [0, 0.05) is 18.4 Å². The highest BCUT2D eigenvalue weighted by atomic mass is 16.6. The molecular formula is C28H40N2O5. The van der Waals surface area contributed by atoms with Crippen LogP contribution in [0.5, 0.6) is 0 Å². The molecule has 0 spiro atoms. The van der Waals surface area contributed by atoms with E-state index in [1.807, 2.05) is 0 Å². The Morgan fingerprint density at radius 2 is 1.94 bits per heavy atom. The maximum atomic E-state index is 11.9. The van der Waals surface area contributed by atoms with Gasteiger partial charge in [0.1, 0.15) is 5.60 Å². The van der Waals surface area contributed by atoms with E-state index in [-0.39, 0.29) is 29.8 Å². The fourth-order valence-corrected chi connectivity index (χ4v) is 7.75. The van der Waals surface area contributed by atoms with Gasteiger partial charge in [-0.25, -0.2) is 0 Å². The number of nitrogens with zero attached hydrogens (tertiary/aromatic N) is 1. The summed E-state index contributed by atoms with van der Waals surface area (Å²) in [5.74, 6) is 3.39. The molecule has 192 valence electrons. The Kier molecular flexibility index (Phi) is 7.33. The van der Waals surface area contributed by atoms with Crippen molar-refractivity contribution >= 4 is 17.6 Å². The number of carbonyl (C=O) groups is 2. The first-order chi connectivity index (χ1) is 16.6. The van der Waals surface area contributed by atoms with E-state index in [1.54, 1.807) is 0 Å². The fraction of sp³-hybridized carbons (Fsp3) is 0.750. The number of carboxylic acid groups (broad SMARTS) is 1. The number of fused-ring (bicyclic) bond motifs is 5. The van der Waals surface area contributed by atoms with Crippen LogP contribution in [-0.4, -0.2) is 46.6 Å². The van der Waals surface area contributed by atoms with Gasteiger partial charge in [0.25, 0.3) is 5.91 Å². The van der Waals surface area contributed by atoms with E-state index in [1.165, 1.54) is 5.57 Å². The lowest BCUT2D eigenvalue weighted by Crippen LogP contribution is -2.54. The van der Waals surface area contributed by atoms with Gasteiger partial charge in [0.15, 0.2) is 6.61 Å². The molecule has 0 aromatic heterocycles. The third-order valence-electron chi connectivity index (χ3n) is 9.88. The van der Waals surface area contributed by atoms with Crippen molar-refractivity contribution in [3.63, 3.8) is 0 Å². The summed E-state index contributed by atoms with van der Waals surface area (Å²) in [5, 5.41) is 26.8. The summed E-state index contributed by atoms with van der Waals surface area (Å²) < 4.78 is 0. The van der Waals surface area contributed by atoms with E-state index in [0.717, 1.165) is 57.1 Å². The zero-order valence-corrected chi connectivity index (χ0v) is 21.1. The van der Waals surface area contributed by atoms with Crippen LogP contribution in [0.25, 0.3) is 0 Å². The van der Waals surface area contributed by atoms with E-state index in [2.05, 4.69) is 36.3 Å². The second-order valence-corrected chi connectivity index (χ2v) is 11.6. The number of unbranched alkanes of at least 4 members (excludes halogenated alkanes) is 1. The molecule has 1 amide bonds. The minimum atomic E-state index is -0.964. The molecule has 0 unspecified atom stereocenters. The molecule has 4 aliphatic carbocycles. The van der Waals surface area contributed by atoms with E-state index in [4.69, 9.17) is 16.4 Å². The molecule has 4 aliphatic rings. The van der Waals surface area contributed by atoms with Gasteiger partial charge in [-0.3, -0.25) is 9.59 Å². The predicted molar refractivity (Wildman–Crippen MR) is 133 cm³/mol. The van der Waals surface area contributed by atoms with E-state index in [9.17, 15) is 14.7 Å². The molecule has 7 nitrogen and oxygen atoms in total. The Morgan fingerprint density at radius 1 is 1.17 bits per heavy atom. The van der Waals surface area contributed by atoms with Gasteiger partial charge in [-0.1, -0.05) is 30.5 Å². The monoisotopic (exact) mass is 484 g/mol. The van der Waals surface area contributed by atoms with Crippen LogP contribution in [0.4, 0.5) is 0 Å². The summed E-state index contributed by atoms with van der Waals surface area (Å²) in [6.45, 7) is 4.95. The summed E-state index contributed by atoms with van der Waals surface area (Å²) in [7, 11) is 0. The first-order valence-electron chi connectivity index (χ1n) is 13.2. The zero-order chi connectivity index (χ0) is 25.3. The minimum Gasteiger partial charge on any atom is -0.481 e. The molecule has 0 aromatic carbocycles. The molecule has 4 rings (SSSR count). The summed E-state index contributed by atoms with van der Waals surface area (Å²) in [4.78, 5) is 27.8. The SMILES string of the molecule is C#C[C@]1(O)CC[C@@H]2[C@@H]3CCC4=CC(=NOCC(=O)NCCCCC(=O)O)CC[C@]4(C)[C@H]3CC[C@@]21C. The average Bonchev–Trinajstić information content (AvgIpc) is 3.10. The molecule has 6 atom stereocenters. The maximum absolute atomic E-state index is 11.9. The number of oxime groups is 1. The van der Waals surface area contributed by atoms with Crippen molar-refractivity contribution in [1.29, 1.82) is 0 Å². The Balaban J connectivity index is 1.33. The molecule has 35 heavy (non-hydrogen) atoms. The highest BCUT2D eigenvalue weighted by Gasteiger charge is 2.63. The summed E-state index contributed by atoms with van der Waals surface area (Å²) in [5.41, 5.74) is 1.35. The van der Waals surface area contributed by atoms with E-state index < -0.39 is 11.6 Å². The topological polar surface area (TPSA) is 108 Å². The minimum absolute atomic E-state index is 0.113. The van der Waals surface area contributed by atoms with Gasteiger partial charge in [0.05, 0.1) is 5.71 Å². The molecule has 0 heterocycles. The van der Waals surface area contributed by atoms with Crippen molar-refractivity contribution in [3.8, 4) is 12.3 Å². The van der Waals surface area contributed by atoms with Crippen molar-refractivity contribution < 1.29 is 24.6 Å². The predicted octanol–water partition coefficient (Wildman–Crippen LogP) is 4.06. The molecule has 0 aromatic rings. The van der Waals surface area contributed by atoms with Crippen LogP contribution in [-0.2, 0) is 14.4 Å². The number of nitrogens with one attached hydrogen (secondary N) is 1. The molecule has 3 saturated carbocycles. The normalized spacial score (nSPS) is 39.0. The lowest BCUT2D eigenvalue weighted by Gasteiger charge is -2.58. The van der Waals surface area contributed by atoms with Gasteiger partial charge in [-0.05, 0) is 93.5 Å². The fourth-order valence-electron chi connectivity index (χ4n) is 7.75. The van der Waals surface area contributed by atoms with Gasteiger partial charge in [-0.2, -0.15) is 0 Å². The number of carbonyl (C=O) groups excluding carboxylic acids is 1. The summed E-state index contributed by atoms with van der Waals surface area (Å²) in [6, 6.07) is 0. The number of amides is 1. The number of aliphatic hydroxyl groups is 1. The van der Waals surface area contributed by atoms with Crippen molar-refractivity contribution in [2.45, 2.75) is 90.1 Å². The molecule has 7 heteroatoms. The second-order valence-electron chi connectivity index (χ2n) is 11.6. The Hall–Kier alpha value is -2.33. The van der Waals surface area contributed by atoms with Gasteiger partial charge in [0.2, 0.25) is 0 Å². The standard InChI is InChI=1S/C28H40N2O5/c1-4-28(34)15-12-23-21-9-8-19-17-20(10-13-26(19,2)22(21)11-14-27(23,28)3)30-35-18-24(31)29-16-6-5-7-25(32)33/h1,17,21-23,34H,5-16,18H2,2-3H3,(H,29,31)(H,32,33)/t21-,22+,23-,26+,27+,28+/m1/s1. The van der Waals surface area contributed by atoms with Crippen LogP contribution in [0.3, 0.4) is 0 Å². The molecule has 0 bridgehead atoms. The van der Waals surface area contributed by atoms with Gasteiger partial charge < -0.3 is 20.4 Å². The van der Waals surface area contributed by atoms with Crippen molar-refractivity contribution in [3.05, 3.63) is 11.6 Å². The maximum Gasteiger partial charge on any atom is 0.303 e. The Labute approximate surface area is 208 Å². The largest absolute Gasteiger partial charge is 0.481 e. The van der Waals surface area contributed by atoms with Crippen LogP contribution in [0.15, 0.2) is 16.8 Å². The highest BCUT2D eigenvalue weighted by Crippen LogP contribution is 2.67. The Morgan fingerprint density at radius 3 is 2.69 bits per heavy atom. The summed E-state index contributed by atoms with van der Waals surface area (Å²) in [6.07, 6.45) is 17.1. The average molecular weight is 485 g/mol. The molecule has 0 saturated heterocycles. The number of carboxylic acids is 1. The van der Waals surface area contributed by atoms with Crippen LogP contribution in [0.2, 0.25) is 0 Å².